The summed E-state index contributed by atoms with van der Waals surface area (Å²) >= 11 is 39.1. The summed E-state index contributed by atoms with van der Waals surface area (Å²) in [5.74, 6) is 0. The molecule has 0 heterocycles. The van der Waals surface area contributed by atoms with E-state index in [9.17, 15) is 4.57 Å². The molecule has 0 N–H and O–H groups in total. The zero-order valence-electron chi connectivity index (χ0n) is 18.7. The van der Waals surface area contributed by atoms with Gasteiger partial charge in [0, 0.05) is 30.5 Å². The molecule has 0 aliphatic carbocycles. The van der Waals surface area contributed by atoms with E-state index in [2.05, 4.69) is 95.6 Å². The molecule has 212 valence electrons. The molecule has 6 atom stereocenters. The molecule has 0 aliphatic heterocycles. The van der Waals surface area contributed by atoms with E-state index < -0.39 is 24.0 Å². The van der Waals surface area contributed by atoms with Crippen LogP contribution in [0.2, 0.25) is 0 Å². The van der Waals surface area contributed by atoms with E-state index in [0.29, 0.717) is 19.8 Å². The molecule has 0 bridgehead atoms. The SMILES string of the molecule is O=P(OCC(Cl)COCC(Br)CBr)(OCC(Cl)COCC(Br)CBr)OCC(Cl)COCC(Br)CBr. The molecular weight excluding hydrogens is 945 g/mol. The maximum atomic E-state index is 13.2. The average molecular weight is 975 g/mol. The van der Waals surface area contributed by atoms with E-state index in [4.69, 9.17) is 62.6 Å². The molecule has 0 aliphatic rings. The standard InChI is InChI=1S/C18H30Br6Cl3O7P/c19-1-13(22)4-29-7-16(25)10-32-35(28,33-11-17(26)8-30-5-14(23)2-20)34-12-18(27)9-31-6-15(24)3-21/h13-18H,1-12H2. The first-order chi connectivity index (χ1) is 16.5. The van der Waals surface area contributed by atoms with Crippen LogP contribution in [0.1, 0.15) is 0 Å². The van der Waals surface area contributed by atoms with Crippen LogP contribution < -0.4 is 0 Å². The summed E-state index contributed by atoms with van der Waals surface area (Å²) in [6.07, 6.45) is 0. The molecule has 0 rings (SSSR count). The Balaban J connectivity index is 4.70. The van der Waals surface area contributed by atoms with Crippen molar-refractivity contribution in [3.8, 4) is 0 Å². The largest absolute Gasteiger partial charge is 0.474 e. The fourth-order valence-electron chi connectivity index (χ4n) is 1.88. The Labute approximate surface area is 273 Å². The highest BCUT2D eigenvalue weighted by Gasteiger charge is 2.30. The van der Waals surface area contributed by atoms with E-state index in [-0.39, 0.29) is 54.1 Å². The minimum absolute atomic E-state index is 0.125. The minimum atomic E-state index is -4.02. The molecule has 17 heteroatoms. The van der Waals surface area contributed by atoms with Crippen LogP contribution in [0.3, 0.4) is 0 Å². The molecule has 0 amide bonds. The van der Waals surface area contributed by atoms with Gasteiger partial charge >= 0.3 is 7.82 Å². The van der Waals surface area contributed by atoms with Gasteiger partial charge < -0.3 is 14.2 Å². The summed E-state index contributed by atoms with van der Waals surface area (Å²) in [6, 6.07) is 0. The molecule has 6 unspecified atom stereocenters. The van der Waals surface area contributed by atoms with E-state index >= 15 is 0 Å². The van der Waals surface area contributed by atoms with Crippen LogP contribution in [0.25, 0.3) is 0 Å². The Hall–Kier alpha value is 3.74. The van der Waals surface area contributed by atoms with E-state index in [0.717, 1.165) is 16.0 Å². The summed E-state index contributed by atoms with van der Waals surface area (Å²) in [6.45, 7) is 1.56. The summed E-state index contributed by atoms with van der Waals surface area (Å²) < 4.78 is 46.1. The molecule has 0 spiro atoms. The fourth-order valence-corrected chi connectivity index (χ4v) is 5.03. The Kier molecular flexibility index (Phi) is 27.0. The second kappa shape index (κ2) is 24.3. The van der Waals surface area contributed by atoms with Crippen molar-refractivity contribution in [1.82, 2.24) is 0 Å². The molecule has 0 saturated carbocycles. The molecule has 0 saturated heterocycles. The molecule has 35 heavy (non-hydrogen) atoms. The first-order valence-corrected chi connectivity index (χ1v) is 19.2. The van der Waals surface area contributed by atoms with E-state index in [1.54, 1.807) is 0 Å². The maximum Gasteiger partial charge on any atom is 0.474 e. The number of hydrogen-bond acceptors (Lipinski definition) is 7. The average Bonchev–Trinajstić information content (AvgIpc) is 2.84. The van der Waals surface area contributed by atoms with Gasteiger partial charge in [0.2, 0.25) is 0 Å². The maximum absolute atomic E-state index is 13.2. The minimum Gasteiger partial charge on any atom is -0.379 e. The van der Waals surface area contributed by atoms with Crippen LogP contribution in [-0.4, -0.2) is 106 Å². The van der Waals surface area contributed by atoms with Crippen molar-refractivity contribution in [1.29, 1.82) is 0 Å². The van der Waals surface area contributed by atoms with Gasteiger partial charge in [-0.15, -0.1) is 34.8 Å². The first-order valence-electron chi connectivity index (χ1n) is 10.3. The highest BCUT2D eigenvalue weighted by atomic mass is 79.9. The van der Waals surface area contributed by atoms with E-state index in [1.807, 2.05) is 0 Å². The van der Waals surface area contributed by atoms with Gasteiger partial charge in [-0.2, -0.15) is 0 Å². The van der Waals surface area contributed by atoms with Crippen LogP contribution in [-0.2, 0) is 32.3 Å². The Bertz CT molecular complexity index is 495. The van der Waals surface area contributed by atoms with Crippen molar-refractivity contribution in [2.24, 2.45) is 0 Å². The van der Waals surface area contributed by atoms with Crippen LogP contribution in [0.5, 0.6) is 0 Å². The van der Waals surface area contributed by atoms with Crippen LogP contribution >= 0.6 is 138 Å². The lowest BCUT2D eigenvalue weighted by Crippen LogP contribution is -2.23. The zero-order chi connectivity index (χ0) is 26.7. The second-order valence-corrected chi connectivity index (χ2v) is 16.3. The van der Waals surface area contributed by atoms with Crippen molar-refractivity contribution < 1.29 is 32.3 Å². The fraction of sp³-hybridized carbons (Fsp3) is 1.00. The highest BCUT2D eigenvalue weighted by Crippen LogP contribution is 2.50. The van der Waals surface area contributed by atoms with Crippen molar-refractivity contribution in [2.75, 3.05) is 75.5 Å². The number of ether oxygens (including phenoxy) is 3. The third kappa shape index (κ3) is 23.0. The summed E-state index contributed by atoms with van der Waals surface area (Å²) in [7, 11) is -4.02. The Morgan fingerprint density at radius 2 is 0.771 bits per heavy atom. The topological polar surface area (TPSA) is 72.5 Å². The van der Waals surface area contributed by atoms with Gasteiger partial charge in [0.25, 0.3) is 0 Å². The predicted octanol–water partition coefficient (Wildman–Crippen LogP) is 7.49. The van der Waals surface area contributed by atoms with Gasteiger partial charge in [-0.25, -0.2) is 4.57 Å². The van der Waals surface area contributed by atoms with Gasteiger partial charge in [0.1, 0.15) is 0 Å². The van der Waals surface area contributed by atoms with Gasteiger partial charge in [0.15, 0.2) is 0 Å². The van der Waals surface area contributed by atoms with Gasteiger partial charge in [0.05, 0.1) is 75.6 Å². The number of phosphoric ester groups is 1. The third-order valence-corrected chi connectivity index (χ3v) is 12.4. The highest BCUT2D eigenvalue weighted by molar-refractivity contribution is 9.12. The normalized spacial score (nSPS) is 19.0. The number of hydrogen-bond donors (Lipinski definition) is 0. The quantitative estimate of drug-likeness (QED) is 0.0734. The summed E-state index contributed by atoms with van der Waals surface area (Å²) in [5, 5.41) is 0.485. The van der Waals surface area contributed by atoms with Crippen molar-refractivity contribution >= 4 is 138 Å². The van der Waals surface area contributed by atoms with Gasteiger partial charge in [-0.1, -0.05) is 95.6 Å². The molecular formula is C18H30Br6Cl3O7P. The molecule has 0 aromatic heterocycles. The lowest BCUT2D eigenvalue weighted by molar-refractivity contribution is 0.0754. The second-order valence-electron chi connectivity index (χ2n) is 6.99. The number of phosphoric acid groups is 1. The van der Waals surface area contributed by atoms with Crippen molar-refractivity contribution in [2.45, 2.75) is 30.6 Å². The summed E-state index contributed by atoms with van der Waals surface area (Å²) in [4.78, 5) is 0.457. The predicted molar refractivity (Wildman–Crippen MR) is 166 cm³/mol. The Morgan fingerprint density at radius 3 is 1.00 bits per heavy atom. The van der Waals surface area contributed by atoms with Crippen molar-refractivity contribution in [3.05, 3.63) is 0 Å². The van der Waals surface area contributed by atoms with Crippen LogP contribution in [0.4, 0.5) is 0 Å². The number of rotatable bonds is 24. The molecule has 7 nitrogen and oxygen atoms in total. The first kappa shape index (κ1) is 38.7. The lowest BCUT2D eigenvalue weighted by atomic mass is 10.5. The molecule has 0 fully saturated rings. The molecule has 0 radical (unpaired) electrons. The number of alkyl halides is 9. The third-order valence-electron chi connectivity index (χ3n) is 3.53. The van der Waals surface area contributed by atoms with Crippen LogP contribution in [0.15, 0.2) is 0 Å². The summed E-state index contributed by atoms with van der Waals surface area (Å²) in [5.41, 5.74) is 0. The molecule has 0 aromatic carbocycles. The lowest BCUT2D eigenvalue weighted by Gasteiger charge is -2.22. The van der Waals surface area contributed by atoms with Gasteiger partial charge in [-0.05, 0) is 0 Å². The van der Waals surface area contributed by atoms with Gasteiger partial charge in [-0.3, -0.25) is 13.6 Å². The Morgan fingerprint density at radius 1 is 0.514 bits per heavy atom. The number of halogens is 9. The monoisotopic (exact) mass is 968 g/mol. The van der Waals surface area contributed by atoms with Crippen LogP contribution in [0, 0.1) is 0 Å². The smallest absolute Gasteiger partial charge is 0.379 e. The van der Waals surface area contributed by atoms with E-state index in [1.165, 1.54) is 0 Å². The zero-order valence-corrected chi connectivity index (χ0v) is 31.3. The van der Waals surface area contributed by atoms with Crippen molar-refractivity contribution in [3.63, 3.8) is 0 Å². The molecule has 0 aromatic rings.